The van der Waals surface area contributed by atoms with Crippen LogP contribution in [0.25, 0.3) is 0 Å². The fraction of sp³-hybridized carbons (Fsp3) is 0.217. The molecule has 134 valence electrons. The zero-order valence-corrected chi connectivity index (χ0v) is 15.4. The van der Waals surface area contributed by atoms with Crippen molar-refractivity contribution in [3.63, 3.8) is 0 Å². The molecule has 0 N–H and O–H groups in total. The molecule has 0 saturated carbocycles. The van der Waals surface area contributed by atoms with Gasteiger partial charge in [-0.2, -0.15) is 0 Å². The third-order valence-electron chi connectivity index (χ3n) is 6.54. The minimum Gasteiger partial charge on any atom is -0.348 e. The number of hydrogen-bond acceptors (Lipinski definition) is 3. The Morgan fingerprint density at radius 3 is 1.74 bits per heavy atom. The van der Waals surface area contributed by atoms with Gasteiger partial charge in [0.1, 0.15) is 16.5 Å². The van der Waals surface area contributed by atoms with Crippen molar-refractivity contribution >= 4 is 9.84 Å². The maximum Gasteiger partial charge on any atom is 0.157 e. The van der Waals surface area contributed by atoms with Crippen LogP contribution in [0.4, 0.5) is 0 Å². The molecule has 0 radical (unpaired) electrons. The van der Waals surface area contributed by atoms with E-state index in [1.165, 1.54) is 0 Å². The average Bonchev–Trinajstić information content (AvgIpc) is 3.15. The normalized spacial score (nSPS) is 34.5. The van der Waals surface area contributed by atoms with Gasteiger partial charge in [-0.05, 0) is 22.3 Å². The van der Waals surface area contributed by atoms with E-state index in [1.807, 2.05) is 66.7 Å². The van der Waals surface area contributed by atoms with Crippen LogP contribution in [0.1, 0.15) is 22.3 Å². The van der Waals surface area contributed by atoms with Gasteiger partial charge >= 0.3 is 0 Å². The van der Waals surface area contributed by atoms with Gasteiger partial charge in [-0.15, -0.1) is 0 Å². The lowest BCUT2D eigenvalue weighted by Crippen LogP contribution is -2.59. The minimum atomic E-state index is -3.21. The Morgan fingerprint density at radius 2 is 1.19 bits per heavy atom. The average molecular weight is 374 g/mol. The van der Waals surface area contributed by atoms with E-state index in [0.717, 1.165) is 22.3 Å². The van der Waals surface area contributed by atoms with E-state index in [2.05, 4.69) is 18.2 Å². The highest BCUT2D eigenvalue weighted by Crippen LogP contribution is 2.70. The molecule has 2 bridgehead atoms. The predicted molar refractivity (Wildman–Crippen MR) is 103 cm³/mol. The molecular weight excluding hydrogens is 356 g/mol. The molecule has 3 aliphatic rings. The fourth-order valence-electron chi connectivity index (χ4n) is 5.60. The zero-order valence-electron chi connectivity index (χ0n) is 14.6. The molecule has 3 aromatic rings. The summed E-state index contributed by atoms with van der Waals surface area (Å²) in [7, 11) is -3.21. The van der Waals surface area contributed by atoms with Gasteiger partial charge < -0.3 is 4.74 Å². The largest absolute Gasteiger partial charge is 0.348 e. The van der Waals surface area contributed by atoms with Crippen LogP contribution in [-0.4, -0.2) is 19.4 Å². The Labute approximate surface area is 158 Å². The van der Waals surface area contributed by atoms with Crippen molar-refractivity contribution in [3.8, 4) is 0 Å². The molecule has 0 aliphatic carbocycles. The Morgan fingerprint density at radius 1 is 0.704 bits per heavy atom. The van der Waals surface area contributed by atoms with Gasteiger partial charge in [0, 0.05) is 5.92 Å². The van der Waals surface area contributed by atoms with Crippen LogP contribution < -0.4 is 0 Å². The summed E-state index contributed by atoms with van der Waals surface area (Å²) < 4.78 is 32.9. The van der Waals surface area contributed by atoms with Gasteiger partial charge in [0.15, 0.2) is 9.84 Å². The topological polar surface area (TPSA) is 43.4 Å². The zero-order chi connectivity index (χ0) is 18.3. The summed E-state index contributed by atoms with van der Waals surface area (Å²) in [6.45, 7) is 0. The molecule has 4 heteroatoms. The van der Waals surface area contributed by atoms with Crippen molar-refractivity contribution in [2.24, 2.45) is 5.92 Å². The maximum atomic E-state index is 13.0. The third kappa shape index (κ3) is 1.65. The van der Waals surface area contributed by atoms with Crippen LogP contribution in [0.2, 0.25) is 0 Å². The molecule has 4 atom stereocenters. The highest BCUT2D eigenvalue weighted by atomic mass is 32.2. The lowest BCUT2D eigenvalue weighted by atomic mass is 9.66. The Hall–Kier alpha value is -2.43. The number of ether oxygens (including phenoxy) is 1. The second kappa shape index (κ2) is 4.89. The molecular formula is C23H18O3S. The van der Waals surface area contributed by atoms with E-state index >= 15 is 0 Å². The molecule has 2 saturated heterocycles. The van der Waals surface area contributed by atoms with Gasteiger partial charge in [0.25, 0.3) is 0 Å². The van der Waals surface area contributed by atoms with Gasteiger partial charge in [-0.25, -0.2) is 8.42 Å². The summed E-state index contributed by atoms with van der Waals surface area (Å²) in [4.78, 5) is 0. The maximum absolute atomic E-state index is 13.0. The molecule has 3 heterocycles. The first-order valence-electron chi connectivity index (χ1n) is 9.23. The molecule has 0 amide bonds. The van der Waals surface area contributed by atoms with Gasteiger partial charge in [-0.3, -0.25) is 0 Å². The third-order valence-corrected chi connectivity index (χ3v) is 8.80. The first-order chi connectivity index (χ1) is 13.1. The van der Waals surface area contributed by atoms with Gasteiger partial charge in [0.2, 0.25) is 0 Å². The molecule has 2 fully saturated rings. The van der Waals surface area contributed by atoms with Crippen LogP contribution in [0.5, 0.6) is 0 Å². The van der Waals surface area contributed by atoms with Crippen molar-refractivity contribution in [2.75, 3.05) is 5.75 Å². The second-order valence-electron chi connectivity index (χ2n) is 7.71. The molecule has 3 aromatic carbocycles. The van der Waals surface area contributed by atoms with E-state index in [9.17, 15) is 8.42 Å². The first-order valence-corrected chi connectivity index (χ1v) is 10.9. The summed E-state index contributed by atoms with van der Waals surface area (Å²) in [5.74, 6) is 0.107. The van der Waals surface area contributed by atoms with E-state index in [4.69, 9.17) is 4.74 Å². The minimum absolute atomic E-state index is 0.0694. The second-order valence-corrected chi connectivity index (χ2v) is 9.87. The summed E-state index contributed by atoms with van der Waals surface area (Å²) in [6.07, 6.45) is 0. The smallest absolute Gasteiger partial charge is 0.157 e. The summed E-state index contributed by atoms with van der Waals surface area (Å²) in [5, 5.41) is -0.539. The number of hydrogen-bond donors (Lipinski definition) is 0. The fourth-order valence-corrected chi connectivity index (χ4v) is 7.98. The standard InChI is InChI=1S/C23H18O3S/c24-27(25)15-20-21(27)23(17-11-5-2-6-12-17)19-14-8-7-13-18(19)22(20,26-23)16-9-3-1-4-10-16/h1-14,20-21H,15H2/t20-,21-,22-,23-/m0/s1. The van der Waals surface area contributed by atoms with Crippen LogP contribution in [0.3, 0.4) is 0 Å². The highest BCUT2D eigenvalue weighted by molar-refractivity contribution is 7.93. The molecule has 0 aromatic heterocycles. The lowest BCUT2D eigenvalue weighted by Gasteiger charge is -2.46. The predicted octanol–water partition coefficient (Wildman–Crippen LogP) is 3.63. The van der Waals surface area contributed by atoms with E-state index in [0.29, 0.717) is 0 Å². The Kier molecular flexibility index (Phi) is 2.83. The molecule has 0 unspecified atom stereocenters. The molecule has 3 aliphatic heterocycles. The molecule has 27 heavy (non-hydrogen) atoms. The van der Waals surface area contributed by atoms with E-state index in [1.54, 1.807) is 0 Å². The summed E-state index contributed by atoms with van der Waals surface area (Å²) in [6, 6.07) is 28.1. The van der Waals surface area contributed by atoms with Crippen molar-refractivity contribution in [2.45, 2.75) is 16.5 Å². The number of fused-ring (bicyclic) bond motifs is 8. The van der Waals surface area contributed by atoms with Crippen molar-refractivity contribution in [1.82, 2.24) is 0 Å². The number of sulfone groups is 1. The van der Waals surface area contributed by atoms with Crippen molar-refractivity contribution in [1.29, 1.82) is 0 Å². The van der Waals surface area contributed by atoms with Crippen molar-refractivity contribution < 1.29 is 13.2 Å². The lowest BCUT2D eigenvalue weighted by molar-refractivity contribution is -0.0469. The number of benzene rings is 3. The highest BCUT2D eigenvalue weighted by Gasteiger charge is 2.78. The number of rotatable bonds is 2. The van der Waals surface area contributed by atoms with E-state index < -0.39 is 26.3 Å². The van der Waals surface area contributed by atoms with Gasteiger partial charge in [0.05, 0.1) is 5.75 Å². The molecule has 3 nitrogen and oxygen atoms in total. The van der Waals surface area contributed by atoms with Crippen LogP contribution in [-0.2, 0) is 25.8 Å². The summed E-state index contributed by atoms with van der Waals surface area (Å²) in [5.41, 5.74) is 2.42. The van der Waals surface area contributed by atoms with Gasteiger partial charge in [-0.1, -0.05) is 84.9 Å². The van der Waals surface area contributed by atoms with Crippen LogP contribution in [0.15, 0.2) is 84.9 Å². The van der Waals surface area contributed by atoms with Crippen LogP contribution >= 0.6 is 0 Å². The first kappa shape index (κ1) is 15.6. The SMILES string of the molecule is O=S1(=O)C[C@H]2[C@H]1[C@@]1(c3ccccc3)O[C@@]2(c2ccccc2)c2ccccc21. The Bertz CT molecular complexity index is 1160. The summed E-state index contributed by atoms with van der Waals surface area (Å²) >= 11 is 0. The van der Waals surface area contributed by atoms with E-state index in [-0.39, 0.29) is 11.7 Å². The van der Waals surface area contributed by atoms with Crippen LogP contribution in [0, 0.1) is 5.92 Å². The quantitative estimate of drug-likeness (QED) is 0.688. The Balaban J connectivity index is 1.73. The monoisotopic (exact) mass is 374 g/mol. The molecule has 0 spiro atoms. The van der Waals surface area contributed by atoms with Crippen molar-refractivity contribution in [3.05, 3.63) is 107 Å². The molecule has 6 rings (SSSR count).